The van der Waals surface area contributed by atoms with Crippen LogP contribution in [0.25, 0.3) is 0 Å². The molecule has 0 radical (unpaired) electrons. The fourth-order valence-corrected chi connectivity index (χ4v) is 2.04. The van der Waals surface area contributed by atoms with Crippen LogP contribution in [0.3, 0.4) is 0 Å². The standard InChI is InChI=1S/C13H17N5O/c1-9-7-10(8-12(16-9)17-15)13(19)18(6-2-5-14)11-3-4-11/h7-8,11H,2-4,6,15H2,1H3,(H,16,17). The van der Waals surface area contributed by atoms with E-state index >= 15 is 0 Å². The van der Waals surface area contributed by atoms with Gasteiger partial charge in [-0.15, -0.1) is 0 Å². The lowest BCUT2D eigenvalue weighted by atomic mass is 10.2. The Morgan fingerprint density at radius 2 is 2.37 bits per heavy atom. The molecule has 0 spiro atoms. The van der Waals surface area contributed by atoms with Gasteiger partial charge < -0.3 is 10.3 Å². The number of hydrogen-bond acceptors (Lipinski definition) is 5. The Morgan fingerprint density at radius 1 is 1.63 bits per heavy atom. The summed E-state index contributed by atoms with van der Waals surface area (Å²) in [5.41, 5.74) is 3.75. The number of hydrogen-bond donors (Lipinski definition) is 2. The van der Waals surface area contributed by atoms with Gasteiger partial charge >= 0.3 is 0 Å². The molecule has 1 heterocycles. The lowest BCUT2D eigenvalue weighted by molar-refractivity contribution is 0.0746. The maximum absolute atomic E-state index is 12.5. The highest BCUT2D eigenvalue weighted by Crippen LogP contribution is 2.28. The van der Waals surface area contributed by atoms with Gasteiger partial charge in [0.05, 0.1) is 12.5 Å². The predicted octanol–water partition coefficient (Wildman–Crippen LogP) is 1.19. The summed E-state index contributed by atoms with van der Waals surface area (Å²) in [6.45, 7) is 2.29. The molecule has 1 saturated carbocycles. The molecule has 2 rings (SSSR count). The zero-order chi connectivity index (χ0) is 13.8. The molecular weight excluding hydrogens is 242 g/mol. The second kappa shape index (κ2) is 5.67. The van der Waals surface area contributed by atoms with Crippen molar-refractivity contribution in [2.45, 2.75) is 32.2 Å². The molecule has 0 aliphatic heterocycles. The van der Waals surface area contributed by atoms with Gasteiger partial charge in [0, 0.05) is 23.8 Å². The van der Waals surface area contributed by atoms with E-state index in [1.165, 1.54) is 0 Å². The number of carbonyl (C=O) groups is 1. The summed E-state index contributed by atoms with van der Waals surface area (Å²) in [6, 6.07) is 5.74. The quantitative estimate of drug-likeness (QED) is 0.612. The van der Waals surface area contributed by atoms with Crippen LogP contribution in [0, 0.1) is 18.3 Å². The number of pyridine rings is 1. The van der Waals surface area contributed by atoms with Crippen molar-refractivity contribution in [3.8, 4) is 6.07 Å². The van der Waals surface area contributed by atoms with Crippen molar-refractivity contribution in [1.82, 2.24) is 9.88 Å². The number of nitrogens with two attached hydrogens (primary N) is 1. The van der Waals surface area contributed by atoms with Gasteiger partial charge in [0.1, 0.15) is 5.82 Å². The Bertz CT molecular complexity index is 518. The maximum Gasteiger partial charge on any atom is 0.254 e. The Balaban J connectivity index is 2.21. The van der Waals surface area contributed by atoms with E-state index in [0.29, 0.717) is 24.3 Å². The lowest BCUT2D eigenvalue weighted by Crippen LogP contribution is -2.34. The van der Waals surface area contributed by atoms with Gasteiger partial charge in [-0.25, -0.2) is 10.8 Å². The van der Waals surface area contributed by atoms with E-state index in [9.17, 15) is 4.79 Å². The second-order valence-electron chi connectivity index (χ2n) is 4.66. The second-order valence-corrected chi connectivity index (χ2v) is 4.66. The summed E-state index contributed by atoms with van der Waals surface area (Å²) >= 11 is 0. The highest BCUT2D eigenvalue weighted by molar-refractivity contribution is 5.95. The third-order valence-corrected chi connectivity index (χ3v) is 3.06. The van der Waals surface area contributed by atoms with Crippen molar-refractivity contribution in [1.29, 1.82) is 5.26 Å². The molecule has 0 bridgehead atoms. The lowest BCUT2D eigenvalue weighted by Gasteiger charge is -2.21. The molecule has 1 fully saturated rings. The third kappa shape index (κ3) is 3.20. The van der Waals surface area contributed by atoms with Crippen LogP contribution in [0.5, 0.6) is 0 Å². The maximum atomic E-state index is 12.5. The van der Waals surface area contributed by atoms with E-state index < -0.39 is 0 Å². The number of nitrogens with one attached hydrogen (secondary N) is 1. The van der Waals surface area contributed by atoms with Crippen molar-refractivity contribution < 1.29 is 4.79 Å². The molecule has 0 unspecified atom stereocenters. The molecule has 0 saturated heterocycles. The van der Waals surface area contributed by atoms with Crippen molar-refractivity contribution in [3.63, 3.8) is 0 Å². The molecule has 100 valence electrons. The SMILES string of the molecule is Cc1cc(C(=O)N(CCC#N)C2CC2)cc(NN)n1. The largest absolute Gasteiger partial charge is 0.335 e. The minimum atomic E-state index is -0.0558. The zero-order valence-electron chi connectivity index (χ0n) is 10.9. The molecule has 0 atom stereocenters. The van der Waals surface area contributed by atoms with Gasteiger partial charge in [-0.1, -0.05) is 0 Å². The van der Waals surface area contributed by atoms with Gasteiger partial charge in [0.15, 0.2) is 0 Å². The first-order valence-corrected chi connectivity index (χ1v) is 6.29. The first-order valence-electron chi connectivity index (χ1n) is 6.29. The number of rotatable bonds is 5. The van der Waals surface area contributed by atoms with E-state index in [1.807, 2.05) is 6.92 Å². The first-order chi connectivity index (χ1) is 9.15. The monoisotopic (exact) mass is 259 g/mol. The van der Waals surface area contributed by atoms with Crippen molar-refractivity contribution >= 4 is 11.7 Å². The molecule has 3 N–H and O–H groups in total. The average Bonchev–Trinajstić information content (AvgIpc) is 3.22. The number of nitriles is 1. The summed E-state index contributed by atoms with van der Waals surface area (Å²) in [7, 11) is 0. The van der Waals surface area contributed by atoms with E-state index in [-0.39, 0.29) is 11.9 Å². The van der Waals surface area contributed by atoms with Crippen molar-refractivity contribution in [2.24, 2.45) is 5.84 Å². The smallest absolute Gasteiger partial charge is 0.254 e. The molecule has 0 aromatic carbocycles. The van der Waals surface area contributed by atoms with Gasteiger partial charge in [-0.05, 0) is 31.9 Å². The predicted molar refractivity (Wildman–Crippen MR) is 71.1 cm³/mol. The molecule has 1 amide bonds. The Morgan fingerprint density at radius 3 is 2.95 bits per heavy atom. The van der Waals surface area contributed by atoms with Crippen LogP contribution >= 0.6 is 0 Å². The molecule has 19 heavy (non-hydrogen) atoms. The third-order valence-electron chi connectivity index (χ3n) is 3.06. The number of nitrogen functional groups attached to an aromatic ring is 1. The number of anilines is 1. The number of amides is 1. The van der Waals surface area contributed by atoms with Gasteiger partial charge in [0.2, 0.25) is 0 Å². The molecule has 1 aliphatic rings. The molecular formula is C13H17N5O. The van der Waals surface area contributed by atoms with E-state index in [2.05, 4.69) is 16.5 Å². The average molecular weight is 259 g/mol. The van der Waals surface area contributed by atoms with Crippen LogP contribution in [0.1, 0.15) is 35.3 Å². The number of hydrazine groups is 1. The fourth-order valence-electron chi connectivity index (χ4n) is 2.04. The van der Waals surface area contributed by atoms with E-state index in [0.717, 1.165) is 18.5 Å². The number of aromatic nitrogens is 1. The number of carbonyl (C=O) groups excluding carboxylic acids is 1. The van der Waals surface area contributed by atoms with Crippen LogP contribution in [0.4, 0.5) is 5.82 Å². The highest BCUT2D eigenvalue weighted by Gasteiger charge is 2.32. The van der Waals surface area contributed by atoms with Crippen LogP contribution in [0.15, 0.2) is 12.1 Å². The Hall–Kier alpha value is -2.13. The summed E-state index contributed by atoms with van der Waals surface area (Å²) in [4.78, 5) is 18.4. The van der Waals surface area contributed by atoms with Crippen LogP contribution < -0.4 is 11.3 Å². The molecule has 1 aromatic heterocycles. The van der Waals surface area contributed by atoms with Crippen molar-refractivity contribution in [2.75, 3.05) is 12.0 Å². The summed E-state index contributed by atoms with van der Waals surface area (Å²) in [6.07, 6.45) is 2.39. The summed E-state index contributed by atoms with van der Waals surface area (Å²) in [5.74, 6) is 5.75. The summed E-state index contributed by atoms with van der Waals surface area (Å²) in [5, 5.41) is 8.67. The van der Waals surface area contributed by atoms with Crippen LogP contribution in [-0.4, -0.2) is 28.4 Å². The number of aryl methyl sites for hydroxylation is 1. The fraction of sp³-hybridized carbons (Fsp3) is 0.462. The van der Waals surface area contributed by atoms with Crippen molar-refractivity contribution in [3.05, 3.63) is 23.4 Å². The Kier molecular flexibility index (Phi) is 3.97. The molecule has 1 aliphatic carbocycles. The molecule has 6 heteroatoms. The zero-order valence-corrected chi connectivity index (χ0v) is 10.9. The van der Waals surface area contributed by atoms with Gasteiger partial charge in [0.25, 0.3) is 5.91 Å². The normalized spacial score (nSPS) is 13.7. The first kappa shape index (κ1) is 13.3. The van der Waals surface area contributed by atoms with Gasteiger partial charge in [-0.3, -0.25) is 4.79 Å². The number of nitrogens with zero attached hydrogens (tertiary/aromatic N) is 3. The Labute approximate surface area is 112 Å². The minimum Gasteiger partial charge on any atom is -0.335 e. The van der Waals surface area contributed by atoms with E-state index in [1.54, 1.807) is 17.0 Å². The van der Waals surface area contributed by atoms with Gasteiger partial charge in [-0.2, -0.15) is 5.26 Å². The molecule has 1 aromatic rings. The van der Waals surface area contributed by atoms with Crippen LogP contribution in [0.2, 0.25) is 0 Å². The summed E-state index contributed by atoms with van der Waals surface area (Å²) < 4.78 is 0. The molecule has 6 nitrogen and oxygen atoms in total. The highest BCUT2D eigenvalue weighted by atomic mass is 16.2. The van der Waals surface area contributed by atoms with Crippen LogP contribution in [-0.2, 0) is 0 Å². The topological polar surface area (TPSA) is 95.0 Å². The minimum absolute atomic E-state index is 0.0558. The van der Waals surface area contributed by atoms with E-state index in [4.69, 9.17) is 11.1 Å².